The number of nitrogens with zero attached hydrogens (tertiary/aromatic N) is 1. The predicted molar refractivity (Wildman–Crippen MR) is 64.1 cm³/mol. The van der Waals surface area contributed by atoms with Crippen LogP contribution in [0.3, 0.4) is 0 Å². The van der Waals surface area contributed by atoms with Gasteiger partial charge in [-0.3, -0.25) is 14.9 Å². The average molecular weight is 258 g/mol. The fraction of sp³-hybridized carbons (Fsp3) is 0.500. The lowest BCUT2D eigenvalue weighted by Gasteiger charge is -2.17. The molecule has 2 N–H and O–H groups in total. The van der Waals surface area contributed by atoms with E-state index in [-0.39, 0.29) is 10.9 Å². The van der Waals surface area contributed by atoms with Crippen molar-refractivity contribution >= 4 is 22.3 Å². The Hall–Kier alpha value is -1.47. The van der Waals surface area contributed by atoms with E-state index in [4.69, 9.17) is 5.11 Å². The molecule has 1 unspecified atom stereocenters. The summed E-state index contributed by atoms with van der Waals surface area (Å²) in [6.45, 7) is 3.93. The summed E-state index contributed by atoms with van der Waals surface area (Å²) >= 11 is 1.04. The van der Waals surface area contributed by atoms with Crippen LogP contribution in [0.2, 0.25) is 0 Å². The third kappa shape index (κ3) is 3.79. The summed E-state index contributed by atoms with van der Waals surface area (Å²) in [5.41, 5.74) is 0.730. The van der Waals surface area contributed by atoms with Crippen molar-refractivity contribution in [3.63, 3.8) is 0 Å². The molecular weight excluding hydrogens is 244 g/mol. The molecule has 1 heterocycles. The molecule has 17 heavy (non-hydrogen) atoms. The Morgan fingerprint density at radius 3 is 2.71 bits per heavy atom. The number of nitrogens with one attached hydrogen (secondary N) is 1. The van der Waals surface area contributed by atoms with Crippen molar-refractivity contribution in [2.45, 2.75) is 26.4 Å². The molecular formula is C10H14N2O4S. The van der Waals surface area contributed by atoms with Crippen LogP contribution in [0, 0.1) is 16.0 Å². The summed E-state index contributed by atoms with van der Waals surface area (Å²) in [4.78, 5) is 20.9. The van der Waals surface area contributed by atoms with E-state index in [0.29, 0.717) is 6.54 Å². The molecule has 0 saturated carbocycles. The van der Waals surface area contributed by atoms with Crippen LogP contribution >= 0.6 is 11.3 Å². The SMILES string of the molecule is CC(C)C(NCc1csc([N+](=O)[O-])c1)C(=O)O. The van der Waals surface area contributed by atoms with E-state index in [9.17, 15) is 14.9 Å². The number of aliphatic carboxylic acids is 1. The molecule has 7 heteroatoms. The molecule has 1 rings (SSSR count). The highest BCUT2D eigenvalue weighted by molar-refractivity contribution is 7.13. The van der Waals surface area contributed by atoms with Crippen molar-refractivity contribution in [1.29, 1.82) is 0 Å². The maximum Gasteiger partial charge on any atom is 0.324 e. The van der Waals surface area contributed by atoms with E-state index in [2.05, 4.69) is 5.32 Å². The number of nitro groups is 1. The Kier molecular flexibility index (Phi) is 4.59. The first kappa shape index (κ1) is 13.6. The van der Waals surface area contributed by atoms with Crippen LogP contribution in [0.4, 0.5) is 5.00 Å². The maximum absolute atomic E-state index is 10.9. The Balaban J connectivity index is 2.59. The molecule has 0 bridgehead atoms. The van der Waals surface area contributed by atoms with Gasteiger partial charge in [0.2, 0.25) is 0 Å². The van der Waals surface area contributed by atoms with Gasteiger partial charge >= 0.3 is 11.0 Å². The van der Waals surface area contributed by atoms with Crippen molar-refractivity contribution in [3.05, 3.63) is 27.1 Å². The molecule has 94 valence electrons. The normalized spacial score (nSPS) is 12.6. The van der Waals surface area contributed by atoms with Gasteiger partial charge in [-0.2, -0.15) is 0 Å². The Morgan fingerprint density at radius 2 is 2.29 bits per heavy atom. The van der Waals surface area contributed by atoms with Crippen LogP contribution in [0.5, 0.6) is 0 Å². The monoisotopic (exact) mass is 258 g/mol. The van der Waals surface area contributed by atoms with Gasteiger partial charge in [-0.25, -0.2) is 0 Å². The number of rotatable bonds is 6. The standard InChI is InChI=1S/C10H14N2O4S/c1-6(2)9(10(13)14)11-4-7-3-8(12(15)16)17-5-7/h3,5-6,9,11H,4H2,1-2H3,(H,13,14). The van der Waals surface area contributed by atoms with Gasteiger partial charge in [0.25, 0.3) is 0 Å². The second-order valence-corrected chi connectivity index (χ2v) is 4.88. The highest BCUT2D eigenvalue weighted by atomic mass is 32.1. The smallest absolute Gasteiger partial charge is 0.324 e. The first-order chi connectivity index (χ1) is 7.91. The minimum Gasteiger partial charge on any atom is -0.480 e. The first-order valence-corrected chi connectivity index (χ1v) is 5.97. The Labute approximate surface area is 102 Å². The van der Waals surface area contributed by atoms with Gasteiger partial charge in [-0.05, 0) is 11.5 Å². The summed E-state index contributed by atoms with van der Waals surface area (Å²) in [5, 5.41) is 24.0. The molecule has 6 nitrogen and oxygen atoms in total. The van der Waals surface area contributed by atoms with E-state index in [1.54, 1.807) is 5.38 Å². The topological polar surface area (TPSA) is 92.5 Å². The van der Waals surface area contributed by atoms with Crippen molar-refractivity contribution in [2.24, 2.45) is 5.92 Å². The molecule has 0 aromatic carbocycles. The fourth-order valence-electron chi connectivity index (χ4n) is 1.39. The number of hydrogen-bond acceptors (Lipinski definition) is 5. The molecule has 1 aromatic heterocycles. The summed E-state index contributed by atoms with van der Waals surface area (Å²) < 4.78 is 0. The van der Waals surface area contributed by atoms with Crippen LogP contribution in [-0.2, 0) is 11.3 Å². The third-order valence-electron chi connectivity index (χ3n) is 2.28. The van der Waals surface area contributed by atoms with Crippen molar-refractivity contribution in [1.82, 2.24) is 5.32 Å². The quantitative estimate of drug-likeness (QED) is 0.600. The molecule has 1 atom stereocenters. The molecule has 1 aromatic rings. The van der Waals surface area contributed by atoms with Crippen molar-refractivity contribution in [3.8, 4) is 0 Å². The van der Waals surface area contributed by atoms with Gasteiger partial charge in [-0.15, -0.1) is 0 Å². The highest BCUT2D eigenvalue weighted by Crippen LogP contribution is 2.22. The van der Waals surface area contributed by atoms with Crippen LogP contribution in [0.1, 0.15) is 19.4 Å². The lowest BCUT2D eigenvalue weighted by atomic mass is 10.0. The molecule has 0 saturated heterocycles. The predicted octanol–water partition coefficient (Wildman–Crippen LogP) is 1.86. The van der Waals surface area contributed by atoms with Gasteiger partial charge in [0.1, 0.15) is 6.04 Å². The number of carbonyl (C=O) groups is 1. The molecule has 0 spiro atoms. The van der Waals surface area contributed by atoms with Crippen LogP contribution in [0.15, 0.2) is 11.4 Å². The largest absolute Gasteiger partial charge is 0.480 e. The zero-order valence-electron chi connectivity index (χ0n) is 9.54. The minimum atomic E-state index is -0.912. The third-order valence-corrected chi connectivity index (χ3v) is 3.21. The number of thiophene rings is 1. The fourth-order valence-corrected chi connectivity index (χ4v) is 2.12. The summed E-state index contributed by atoms with van der Waals surface area (Å²) in [6, 6.07) is 0.811. The maximum atomic E-state index is 10.9. The lowest BCUT2D eigenvalue weighted by Crippen LogP contribution is -2.40. The lowest BCUT2D eigenvalue weighted by molar-refractivity contribution is -0.380. The van der Waals surface area contributed by atoms with E-state index in [0.717, 1.165) is 16.9 Å². The number of carboxylic acids is 1. The molecule has 0 aliphatic carbocycles. The number of carboxylic acid groups (broad SMARTS) is 1. The minimum absolute atomic E-state index is 0.0406. The molecule has 0 aliphatic heterocycles. The van der Waals surface area contributed by atoms with Gasteiger partial charge < -0.3 is 10.4 Å². The van der Waals surface area contributed by atoms with Gasteiger partial charge in [0.05, 0.1) is 4.92 Å². The second kappa shape index (κ2) is 5.74. The molecule has 0 fully saturated rings. The zero-order chi connectivity index (χ0) is 13.0. The summed E-state index contributed by atoms with van der Waals surface area (Å²) in [7, 11) is 0. The van der Waals surface area contributed by atoms with E-state index < -0.39 is 16.9 Å². The molecule has 0 radical (unpaired) electrons. The Bertz CT molecular complexity index is 416. The van der Waals surface area contributed by atoms with E-state index >= 15 is 0 Å². The highest BCUT2D eigenvalue weighted by Gasteiger charge is 2.21. The Morgan fingerprint density at radius 1 is 1.65 bits per heavy atom. The molecule has 0 aliphatic rings. The van der Waals surface area contributed by atoms with Crippen molar-refractivity contribution < 1.29 is 14.8 Å². The van der Waals surface area contributed by atoms with Gasteiger partial charge in [-0.1, -0.05) is 25.2 Å². The van der Waals surface area contributed by atoms with Gasteiger partial charge in [0.15, 0.2) is 0 Å². The van der Waals surface area contributed by atoms with Crippen LogP contribution in [0.25, 0.3) is 0 Å². The van der Waals surface area contributed by atoms with Crippen LogP contribution < -0.4 is 5.32 Å². The van der Waals surface area contributed by atoms with E-state index in [1.165, 1.54) is 6.07 Å². The van der Waals surface area contributed by atoms with Gasteiger partial charge in [0, 0.05) is 18.0 Å². The average Bonchev–Trinajstić information content (AvgIpc) is 2.65. The second-order valence-electron chi connectivity index (χ2n) is 3.99. The number of hydrogen-bond donors (Lipinski definition) is 2. The summed E-state index contributed by atoms with van der Waals surface area (Å²) in [5.74, 6) is -0.953. The summed E-state index contributed by atoms with van der Waals surface area (Å²) in [6.07, 6.45) is 0. The molecule has 0 amide bonds. The van der Waals surface area contributed by atoms with Crippen molar-refractivity contribution in [2.75, 3.05) is 0 Å². The first-order valence-electron chi connectivity index (χ1n) is 5.09. The van der Waals surface area contributed by atoms with E-state index in [1.807, 2.05) is 13.8 Å². The van der Waals surface area contributed by atoms with Crippen LogP contribution in [-0.4, -0.2) is 22.0 Å². The zero-order valence-corrected chi connectivity index (χ0v) is 10.4.